The normalized spacial score (nSPS) is 30.2. The molecule has 26 heavy (non-hydrogen) atoms. The summed E-state index contributed by atoms with van der Waals surface area (Å²) in [5.41, 5.74) is 0. The topological polar surface area (TPSA) is 46.5 Å². The second-order valence-electron chi connectivity index (χ2n) is 8.32. The van der Waals surface area contributed by atoms with Gasteiger partial charge in [-0.2, -0.15) is 23.5 Å². The van der Waals surface area contributed by atoms with E-state index in [9.17, 15) is 4.79 Å². The van der Waals surface area contributed by atoms with E-state index in [1.54, 1.807) is 0 Å². The first-order valence-corrected chi connectivity index (χ1v) is 13.0. The Morgan fingerprint density at radius 1 is 0.885 bits per heavy atom. The van der Waals surface area contributed by atoms with Crippen molar-refractivity contribution in [3.8, 4) is 0 Å². The third-order valence-electron chi connectivity index (χ3n) is 6.14. The lowest BCUT2D eigenvalue weighted by Crippen LogP contribution is -2.29. The molecule has 0 aromatic carbocycles. The van der Waals surface area contributed by atoms with Gasteiger partial charge in [0.2, 0.25) is 0 Å². The summed E-state index contributed by atoms with van der Waals surface area (Å²) >= 11 is 4.35. The third-order valence-corrected chi connectivity index (χ3v) is 8.80. The number of thioether (sulfide) groups is 2. The van der Waals surface area contributed by atoms with Crippen molar-refractivity contribution in [1.29, 1.82) is 0 Å². The molecule has 4 atom stereocenters. The van der Waals surface area contributed by atoms with Crippen molar-refractivity contribution in [2.45, 2.75) is 94.5 Å². The molecule has 1 saturated carbocycles. The molecular formula is C21H36O3S2. The molecule has 2 aliphatic heterocycles. The minimum Gasteiger partial charge on any atom is -0.481 e. The van der Waals surface area contributed by atoms with Crippen LogP contribution in [-0.4, -0.2) is 45.8 Å². The lowest BCUT2D eigenvalue weighted by molar-refractivity contribution is -0.137. The molecule has 2 bridgehead atoms. The molecule has 5 heteroatoms. The van der Waals surface area contributed by atoms with E-state index >= 15 is 0 Å². The molecule has 3 rings (SSSR count). The predicted octanol–water partition coefficient (Wildman–Crippen LogP) is 5.61. The largest absolute Gasteiger partial charge is 0.481 e. The standard InChI is InChI=1S/C21H36O3S2/c22-21(23)8-4-2-1-3-7-17-18(20-12-11-19(17)24-20)15-25-13-5-6-14-26-16-9-10-16/h16-20H,1-15H2,(H,22,23)/t17-,18+,19-,20+/m1/s1. The smallest absolute Gasteiger partial charge is 0.303 e. The van der Waals surface area contributed by atoms with Gasteiger partial charge in [0.25, 0.3) is 0 Å². The van der Waals surface area contributed by atoms with Gasteiger partial charge in [0.1, 0.15) is 0 Å². The molecule has 0 amide bonds. The number of hydrogen-bond donors (Lipinski definition) is 1. The Labute approximate surface area is 167 Å². The van der Waals surface area contributed by atoms with E-state index in [4.69, 9.17) is 9.84 Å². The van der Waals surface area contributed by atoms with Gasteiger partial charge in [0.15, 0.2) is 0 Å². The van der Waals surface area contributed by atoms with Gasteiger partial charge < -0.3 is 9.84 Å². The summed E-state index contributed by atoms with van der Waals surface area (Å²) in [7, 11) is 0. The highest BCUT2D eigenvalue weighted by Gasteiger charge is 2.47. The minimum atomic E-state index is -0.658. The van der Waals surface area contributed by atoms with Crippen LogP contribution in [0.1, 0.15) is 77.0 Å². The van der Waals surface area contributed by atoms with Crippen molar-refractivity contribution in [2.75, 3.05) is 17.3 Å². The molecule has 3 fully saturated rings. The van der Waals surface area contributed by atoms with Crippen LogP contribution in [0.3, 0.4) is 0 Å². The van der Waals surface area contributed by atoms with E-state index in [0.717, 1.165) is 29.9 Å². The van der Waals surface area contributed by atoms with Crippen LogP contribution in [0.25, 0.3) is 0 Å². The van der Waals surface area contributed by atoms with Gasteiger partial charge in [0.05, 0.1) is 12.2 Å². The van der Waals surface area contributed by atoms with Gasteiger partial charge in [-0.1, -0.05) is 19.3 Å². The maximum Gasteiger partial charge on any atom is 0.303 e. The van der Waals surface area contributed by atoms with Crippen LogP contribution in [0.2, 0.25) is 0 Å². The Morgan fingerprint density at radius 2 is 1.62 bits per heavy atom. The van der Waals surface area contributed by atoms with E-state index in [1.165, 1.54) is 75.0 Å². The molecule has 3 aliphatic rings. The fraction of sp³-hybridized carbons (Fsp3) is 0.952. The van der Waals surface area contributed by atoms with Crippen LogP contribution in [0.5, 0.6) is 0 Å². The van der Waals surface area contributed by atoms with Crippen molar-refractivity contribution >= 4 is 29.5 Å². The average molecular weight is 401 g/mol. The molecule has 0 aromatic heterocycles. The maximum atomic E-state index is 10.6. The summed E-state index contributed by atoms with van der Waals surface area (Å²) in [6.45, 7) is 0. The van der Waals surface area contributed by atoms with Gasteiger partial charge in [-0.3, -0.25) is 4.79 Å². The summed E-state index contributed by atoms with van der Waals surface area (Å²) in [5, 5.41) is 9.72. The van der Waals surface area contributed by atoms with Crippen LogP contribution in [0.15, 0.2) is 0 Å². The summed E-state index contributed by atoms with van der Waals surface area (Å²) < 4.78 is 6.24. The Hall–Kier alpha value is 0.130. The SMILES string of the molecule is O=C(O)CCCCCC[C@@H]1[C@H](CSCCCCSC2CC2)[C@@H]2CC[C@H]1O2. The molecule has 150 valence electrons. The maximum absolute atomic E-state index is 10.6. The summed E-state index contributed by atoms with van der Waals surface area (Å²) in [6, 6.07) is 0. The third kappa shape index (κ3) is 6.94. The zero-order valence-corrected chi connectivity index (χ0v) is 17.7. The monoisotopic (exact) mass is 400 g/mol. The highest BCUT2D eigenvalue weighted by Crippen LogP contribution is 2.47. The first kappa shape index (κ1) is 20.9. The van der Waals surface area contributed by atoms with Crippen molar-refractivity contribution in [1.82, 2.24) is 0 Å². The number of carboxylic acid groups (broad SMARTS) is 1. The lowest BCUT2D eigenvalue weighted by atomic mass is 9.77. The van der Waals surface area contributed by atoms with E-state index in [1.807, 2.05) is 0 Å². The molecule has 0 spiro atoms. The lowest BCUT2D eigenvalue weighted by Gasteiger charge is -2.27. The Bertz CT molecular complexity index is 427. The number of fused-ring (bicyclic) bond motifs is 2. The van der Waals surface area contributed by atoms with Gasteiger partial charge >= 0.3 is 5.97 Å². The highest BCUT2D eigenvalue weighted by molar-refractivity contribution is 8.00. The Balaban J connectivity index is 1.24. The van der Waals surface area contributed by atoms with Gasteiger partial charge in [-0.25, -0.2) is 0 Å². The van der Waals surface area contributed by atoms with Gasteiger partial charge in [-0.15, -0.1) is 0 Å². The highest BCUT2D eigenvalue weighted by atomic mass is 32.2. The minimum absolute atomic E-state index is 0.329. The average Bonchev–Trinajstić information content (AvgIpc) is 3.23. The number of rotatable bonds is 15. The number of carbonyl (C=O) groups is 1. The molecule has 3 nitrogen and oxygen atoms in total. The number of aliphatic carboxylic acids is 1. The van der Waals surface area contributed by atoms with Crippen LogP contribution in [0, 0.1) is 11.8 Å². The molecule has 0 unspecified atom stereocenters. The van der Waals surface area contributed by atoms with Crippen molar-refractivity contribution in [3.63, 3.8) is 0 Å². The fourth-order valence-corrected chi connectivity index (χ4v) is 7.00. The fourth-order valence-electron chi connectivity index (χ4n) is 4.52. The first-order chi connectivity index (χ1) is 12.7. The Kier molecular flexibility index (Phi) is 8.99. The summed E-state index contributed by atoms with van der Waals surface area (Å²) in [5.74, 6) is 4.87. The van der Waals surface area contributed by atoms with Gasteiger partial charge in [0, 0.05) is 11.7 Å². The molecular weight excluding hydrogens is 364 g/mol. The Morgan fingerprint density at radius 3 is 2.38 bits per heavy atom. The number of ether oxygens (including phenoxy) is 1. The van der Waals surface area contributed by atoms with Crippen molar-refractivity contribution in [2.24, 2.45) is 11.8 Å². The zero-order valence-electron chi connectivity index (χ0n) is 16.1. The van der Waals surface area contributed by atoms with Crippen LogP contribution < -0.4 is 0 Å². The second kappa shape index (κ2) is 11.2. The summed E-state index contributed by atoms with van der Waals surface area (Å²) in [6.07, 6.45) is 15.2. The van der Waals surface area contributed by atoms with E-state index in [-0.39, 0.29) is 0 Å². The second-order valence-corrected chi connectivity index (χ2v) is 10.9. The molecule has 0 radical (unpaired) electrons. The van der Waals surface area contributed by atoms with Crippen molar-refractivity contribution < 1.29 is 14.6 Å². The van der Waals surface area contributed by atoms with Crippen LogP contribution in [0.4, 0.5) is 0 Å². The van der Waals surface area contributed by atoms with E-state index < -0.39 is 5.97 Å². The molecule has 0 aromatic rings. The van der Waals surface area contributed by atoms with Crippen LogP contribution in [-0.2, 0) is 9.53 Å². The number of unbranched alkanes of at least 4 members (excludes halogenated alkanes) is 4. The predicted molar refractivity (Wildman–Crippen MR) is 112 cm³/mol. The molecule has 2 heterocycles. The van der Waals surface area contributed by atoms with Gasteiger partial charge in [-0.05, 0) is 80.5 Å². The molecule has 2 saturated heterocycles. The van der Waals surface area contributed by atoms with E-state index in [0.29, 0.717) is 18.6 Å². The zero-order chi connectivity index (χ0) is 18.2. The van der Waals surface area contributed by atoms with E-state index in [2.05, 4.69) is 23.5 Å². The number of carboxylic acids is 1. The summed E-state index contributed by atoms with van der Waals surface area (Å²) in [4.78, 5) is 10.6. The number of hydrogen-bond acceptors (Lipinski definition) is 4. The van der Waals surface area contributed by atoms with Crippen molar-refractivity contribution in [3.05, 3.63) is 0 Å². The molecule has 1 aliphatic carbocycles. The first-order valence-electron chi connectivity index (χ1n) is 10.8. The van der Waals surface area contributed by atoms with Crippen LogP contribution >= 0.6 is 23.5 Å². The molecule has 1 N–H and O–H groups in total. The quantitative estimate of drug-likeness (QED) is 0.362.